The van der Waals surface area contributed by atoms with Crippen molar-refractivity contribution in [1.82, 2.24) is 20.2 Å². The van der Waals surface area contributed by atoms with Gasteiger partial charge in [-0.15, -0.1) is 10.2 Å². The molecule has 0 aliphatic heterocycles. The summed E-state index contributed by atoms with van der Waals surface area (Å²) < 4.78 is 18.3. The fourth-order valence-electron chi connectivity index (χ4n) is 3.72. The first-order valence-corrected chi connectivity index (χ1v) is 13.3. The second kappa shape index (κ2) is 12.9. The number of hydrogen-bond acceptors (Lipinski definition) is 8. The number of hydrogen-bond donors (Lipinski definition) is 1. The smallest absolute Gasteiger partial charge is 0.250 e. The molecule has 4 aromatic rings. The lowest BCUT2D eigenvalue weighted by molar-refractivity contribution is -0.118. The number of thioether (sulfide) groups is 1. The molecule has 3 aromatic carbocycles. The molecule has 12 heteroatoms. The number of halogens is 2. The number of amides is 1. The number of benzene rings is 3. The fourth-order valence-corrected chi connectivity index (χ4v) is 5.01. The Hall–Kier alpha value is -3.73. The van der Waals surface area contributed by atoms with Crippen LogP contribution in [0.3, 0.4) is 0 Å². The van der Waals surface area contributed by atoms with Crippen LogP contribution in [0.5, 0.6) is 17.2 Å². The van der Waals surface area contributed by atoms with Crippen molar-refractivity contribution in [2.45, 2.75) is 12.1 Å². The third-order valence-electron chi connectivity index (χ3n) is 5.57. The number of aromatic nitrogens is 3. The minimum Gasteiger partial charge on any atom is -0.493 e. The molecule has 202 valence electrons. The van der Waals surface area contributed by atoms with Crippen LogP contribution in [0.4, 0.5) is 0 Å². The maximum atomic E-state index is 12.7. The van der Waals surface area contributed by atoms with Crippen LogP contribution in [0.15, 0.2) is 70.9 Å². The highest BCUT2D eigenvalue weighted by atomic mass is 35.5. The van der Waals surface area contributed by atoms with Gasteiger partial charge in [0, 0.05) is 21.8 Å². The zero-order valence-corrected chi connectivity index (χ0v) is 23.9. The van der Waals surface area contributed by atoms with Crippen molar-refractivity contribution in [2.24, 2.45) is 5.10 Å². The van der Waals surface area contributed by atoms with Gasteiger partial charge in [0.25, 0.3) is 5.91 Å². The standard InChI is InChI=1S/C27H25Cl2N5O4S/c1-16(20-11-10-18(28)14-21(20)29)30-31-24(35)15-39-27-33-32-26(34(27)19-8-6-5-7-9-19)17-12-22(36-2)25(38-4)23(13-17)37-3/h5-14H,15H2,1-4H3,(H,31,35)/b30-16+. The summed E-state index contributed by atoms with van der Waals surface area (Å²) in [4.78, 5) is 12.7. The van der Waals surface area contributed by atoms with Crippen molar-refractivity contribution < 1.29 is 19.0 Å². The molecule has 0 radical (unpaired) electrons. The summed E-state index contributed by atoms with van der Waals surface area (Å²) in [6.07, 6.45) is 0. The van der Waals surface area contributed by atoms with E-state index in [2.05, 4.69) is 20.7 Å². The van der Waals surface area contributed by atoms with E-state index in [1.54, 1.807) is 58.6 Å². The summed E-state index contributed by atoms with van der Waals surface area (Å²) in [6, 6.07) is 18.3. The molecule has 0 saturated heterocycles. The third kappa shape index (κ3) is 6.47. The molecule has 0 fully saturated rings. The normalized spacial score (nSPS) is 11.3. The van der Waals surface area contributed by atoms with E-state index in [0.717, 1.165) is 5.69 Å². The molecule has 39 heavy (non-hydrogen) atoms. The predicted molar refractivity (Wildman–Crippen MR) is 154 cm³/mol. The van der Waals surface area contributed by atoms with Gasteiger partial charge in [0.15, 0.2) is 22.5 Å². The highest BCUT2D eigenvalue weighted by Crippen LogP contribution is 2.41. The van der Waals surface area contributed by atoms with Gasteiger partial charge in [-0.1, -0.05) is 59.2 Å². The number of carbonyl (C=O) groups excluding carboxylic acids is 1. The third-order valence-corrected chi connectivity index (χ3v) is 7.05. The number of carbonyl (C=O) groups is 1. The van der Waals surface area contributed by atoms with E-state index >= 15 is 0 Å². The van der Waals surface area contributed by atoms with Crippen LogP contribution in [0, 0.1) is 0 Å². The summed E-state index contributed by atoms with van der Waals surface area (Å²) in [5.41, 5.74) is 5.30. The number of nitrogens with zero attached hydrogens (tertiary/aromatic N) is 4. The Labute approximate surface area is 240 Å². The van der Waals surface area contributed by atoms with Gasteiger partial charge < -0.3 is 14.2 Å². The van der Waals surface area contributed by atoms with E-state index in [1.807, 2.05) is 34.9 Å². The molecule has 0 aliphatic carbocycles. The van der Waals surface area contributed by atoms with Crippen molar-refractivity contribution in [3.63, 3.8) is 0 Å². The van der Waals surface area contributed by atoms with Gasteiger partial charge in [-0.3, -0.25) is 9.36 Å². The van der Waals surface area contributed by atoms with E-state index in [0.29, 0.717) is 55.1 Å². The van der Waals surface area contributed by atoms with Gasteiger partial charge in [0.05, 0.1) is 37.8 Å². The van der Waals surface area contributed by atoms with E-state index in [9.17, 15) is 4.79 Å². The number of rotatable bonds is 10. The van der Waals surface area contributed by atoms with Crippen molar-refractivity contribution in [2.75, 3.05) is 27.1 Å². The topological polar surface area (TPSA) is 99.9 Å². The monoisotopic (exact) mass is 585 g/mol. The molecule has 0 spiro atoms. The molecular formula is C27H25Cl2N5O4S. The van der Waals surface area contributed by atoms with Crippen LogP contribution in [-0.2, 0) is 4.79 Å². The highest BCUT2D eigenvalue weighted by molar-refractivity contribution is 7.99. The molecule has 4 rings (SSSR count). The van der Waals surface area contributed by atoms with Crippen LogP contribution < -0.4 is 19.6 Å². The lowest BCUT2D eigenvalue weighted by Gasteiger charge is -2.15. The number of nitrogens with one attached hydrogen (secondary N) is 1. The lowest BCUT2D eigenvalue weighted by atomic mass is 10.1. The van der Waals surface area contributed by atoms with Crippen molar-refractivity contribution in [1.29, 1.82) is 0 Å². The molecule has 1 heterocycles. The Bertz CT molecular complexity index is 1490. The van der Waals surface area contributed by atoms with Gasteiger partial charge in [-0.05, 0) is 43.3 Å². The maximum Gasteiger partial charge on any atom is 0.250 e. The van der Waals surface area contributed by atoms with E-state index in [-0.39, 0.29) is 11.7 Å². The SMILES string of the molecule is COc1cc(-c2nnc(SCC(=O)N/N=C(\C)c3ccc(Cl)cc3Cl)n2-c2ccccc2)cc(OC)c1OC. The Morgan fingerprint density at radius 1 is 0.974 bits per heavy atom. The molecule has 1 amide bonds. The van der Waals surface area contributed by atoms with Crippen LogP contribution in [0.1, 0.15) is 12.5 Å². The summed E-state index contributed by atoms with van der Waals surface area (Å²) in [7, 11) is 4.64. The molecule has 0 atom stereocenters. The highest BCUT2D eigenvalue weighted by Gasteiger charge is 2.21. The van der Waals surface area contributed by atoms with Crippen LogP contribution in [0.2, 0.25) is 10.0 Å². The van der Waals surface area contributed by atoms with Crippen LogP contribution in [-0.4, -0.2) is 53.5 Å². The molecule has 0 bridgehead atoms. The van der Waals surface area contributed by atoms with Crippen molar-refractivity contribution in [3.05, 3.63) is 76.3 Å². The largest absolute Gasteiger partial charge is 0.493 e. The average Bonchev–Trinajstić information content (AvgIpc) is 3.38. The Morgan fingerprint density at radius 3 is 2.28 bits per heavy atom. The second-order valence-corrected chi connectivity index (χ2v) is 9.82. The fraction of sp³-hybridized carbons (Fsp3) is 0.185. The van der Waals surface area contributed by atoms with Gasteiger partial charge in [0.2, 0.25) is 5.75 Å². The zero-order valence-electron chi connectivity index (χ0n) is 21.6. The molecule has 1 aromatic heterocycles. The van der Waals surface area contributed by atoms with Gasteiger partial charge >= 0.3 is 0 Å². The lowest BCUT2D eigenvalue weighted by Crippen LogP contribution is -2.21. The molecule has 0 aliphatic rings. The first-order chi connectivity index (χ1) is 18.9. The predicted octanol–water partition coefficient (Wildman–Crippen LogP) is 5.90. The van der Waals surface area contributed by atoms with E-state index in [4.69, 9.17) is 37.4 Å². The Balaban J connectivity index is 1.60. The quantitative estimate of drug-likeness (QED) is 0.140. The Kier molecular flexibility index (Phi) is 9.34. The molecule has 0 unspecified atom stereocenters. The zero-order chi connectivity index (χ0) is 27.9. The summed E-state index contributed by atoms with van der Waals surface area (Å²) in [5.74, 6) is 1.70. The number of para-hydroxylation sites is 1. The number of hydrazone groups is 1. The summed E-state index contributed by atoms with van der Waals surface area (Å²) >= 11 is 13.4. The minimum atomic E-state index is -0.318. The second-order valence-electron chi connectivity index (χ2n) is 8.04. The maximum absolute atomic E-state index is 12.7. The molecule has 9 nitrogen and oxygen atoms in total. The molecular weight excluding hydrogens is 561 g/mol. The number of ether oxygens (including phenoxy) is 3. The first kappa shape index (κ1) is 28.3. The van der Waals surface area contributed by atoms with Gasteiger partial charge in [0.1, 0.15) is 0 Å². The molecule has 0 saturated carbocycles. The Morgan fingerprint density at radius 2 is 1.67 bits per heavy atom. The van der Waals surface area contributed by atoms with Crippen LogP contribution >= 0.6 is 35.0 Å². The van der Waals surface area contributed by atoms with Crippen LogP contribution in [0.25, 0.3) is 17.1 Å². The van der Waals surface area contributed by atoms with Crippen molar-refractivity contribution in [3.8, 4) is 34.3 Å². The number of methoxy groups -OCH3 is 3. The van der Waals surface area contributed by atoms with E-state index in [1.165, 1.54) is 11.8 Å². The summed E-state index contributed by atoms with van der Waals surface area (Å²) in [6.45, 7) is 1.75. The first-order valence-electron chi connectivity index (χ1n) is 11.6. The van der Waals surface area contributed by atoms with E-state index < -0.39 is 0 Å². The average molecular weight is 587 g/mol. The van der Waals surface area contributed by atoms with Gasteiger partial charge in [-0.25, -0.2) is 5.43 Å². The summed E-state index contributed by atoms with van der Waals surface area (Å²) in [5, 5.41) is 14.5. The van der Waals surface area contributed by atoms with Crippen molar-refractivity contribution >= 4 is 46.6 Å². The van der Waals surface area contributed by atoms with Gasteiger partial charge in [-0.2, -0.15) is 5.10 Å². The molecule has 1 N–H and O–H groups in total. The minimum absolute atomic E-state index is 0.0470.